The lowest BCUT2D eigenvalue weighted by Gasteiger charge is -2.16. The summed E-state index contributed by atoms with van der Waals surface area (Å²) in [6.45, 7) is 2.83. The molecule has 0 bridgehead atoms. The van der Waals surface area contributed by atoms with Crippen molar-refractivity contribution in [2.45, 2.75) is 31.3 Å². The van der Waals surface area contributed by atoms with E-state index >= 15 is 0 Å². The first kappa shape index (κ1) is 27.7. The molecule has 0 spiro atoms. The van der Waals surface area contributed by atoms with Crippen molar-refractivity contribution in [3.63, 3.8) is 0 Å². The summed E-state index contributed by atoms with van der Waals surface area (Å²) >= 11 is 0. The lowest BCUT2D eigenvalue weighted by Crippen LogP contribution is -2.33. The van der Waals surface area contributed by atoms with Crippen LogP contribution >= 0.6 is 0 Å². The Balaban J connectivity index is 1.60. The molecule has 0 aliphatic heterocycles. The van der Waals surface area contributed by atoms with Gasteiger partial charge in [-0.1, -0.05) is 18.1 Å². The Morgan fingerprint density at radius 1 is 1.15 bits per heavy atom. The van der Waals surface area contributed by atoms with E-state index in [-0.39, 0.29) is 36.1 Å². The maximum atomic E-state index is 13.3. The van der Waals surface area contributed by atoms with Gasteiger partial charge in [0.1, 0.15) is 21.8 Å². The molecule has 2 aromatic heterocycles. The van der Waals surface area contributed by atoms with E-state index in [1.54, 1.807) is 47.4 Å². The quantitative estimate of drug-likeness (QED) is 0.234. The molecule has 4 rings (SSSR count). The first-order valence-corrected chi connectivity index (χ1v) is 13.5. The number of carbonyl (C=O) groups is 1. The summed E-state index contributed by atoms with van der Waals surface area (Å²) in [6, 6.07) is 8.41. The predicted molar refractivity (Wildman–Crippen MR) is 143 cm³/mol. The third-order valence-corrected chi connectivity index (χ3v) is 7.41. The number of hydrogen-bond acceptors (Lipinski definition) is 9. The van der Waals surface area contributed by atoms with Gasteiger partial charge in [0.05, 0.1) is 33.5 Å². The molecule has 14 heteroatoms. The van der Waals surface area contributed by atoms with E-state index in [1.165, 1.54) is 19.1 Å². The molecule has 2 heterocycles. The second-order valence-electron chi connectivity index (χ2n) is 8.69. The van der Waals surface area contributed by atoms with Crippen LogP contribution in [0.2, 0.25) is 0 Å². The number of carboxylic acid groups (broad SMARTS) is 1. The normalized spacial score (nSPS) is 11.5. The molecule has 0 radical (unpaired) electrons. The lowest BCUT2D eigenvalue weighted by atomic mass is 10.1. The number of amides is 1. The number of nitrogens with two attached hydrogens (primary N) is 1. The Kier molecular flexibility index (Phi) is 8.26. The highest BCUT2D eigenvalue weighted by Gasteiger charge is 2.25. The van der Waals surface area contributed by atoms with Gasteiger partial charge in [0.15, 0.2) is 11.4 Å². The molecule has 13 nitrogen and oxygen atoms in total. The molecule has 4 aromatic rings. The van der Waals surface area contributed by atoms with Crippen molar-refractivity contribution in [3.05, 3.63) is 59.4 Å². The van der Waals surface area contributed by atoms with Gasteiger partial charge in [0.2, 0.25) is 0 Å². The van der Waals surface area contributed by atoms with E-state index in [9.17, 15) is 18.3 Å². The Hall–Kier alpha value is -4.30. The number of ether oxygens (including phenoxy) is 2. The number of fused-ring (bicyclic) bond motifs is 1. The number of rotatable bonds is 12. The molecule has 0 aliphatic carbocycles. The van der Waals surface area contributed by atoms with Crippen LogP contribution in [0, 0.1) is 0 Å². The number of benzene rings is 2. The van der Waals surface area contributed by atoms with Crippen LogP contribution in [0.25, 0.3) is 11.0 Å². The molecule has 0 saturated carbocycles. The number of nitrogens with zero attached hydrogens (tertiary/aromatic N) is 4. The van der Waals surface area contributed by atoms with Crippen LogP contribution in [0.15, 0.2) is 52.1 Å². The summed E-state index contributed by atoms with van der Waals surface area (Å²) in [5, 5.41) is 17.9. The van der Waals surface area contributed by atoms with Gasteiger partial charge in [-0.15, -0.1) is 0 Å². The van der Waals surface area contributed by atoms with E-state index in [0.717, 1.165) is 11.1 Å². The van der Waals surface area contributed by atoms with Gasteiger partial charge in [-0.3, -0.25) is 9.40 Å². The average molecular weight is 559 g/mol. The summed E-state index contributed by atoms with van der Waals surface area (Å²) in [5.74, 6) is 0.533. The average Bonchev–Trinajstić information content (AvgIpc) is 3.53. The molecule has 0 atom stereocenters. The van der Waals surface area contributed by atoms with Crippen molar-refractivity contribution in [1.29, 1.82) is 0 Å². The monoisotopic (exact) mass is 558 g/mol. The molecule has 2 aromatic carbocycles. The zero-order chi connectivity index (χ0) is 28.2. The molecule has 208 valence electrons. The molecule has 0 aliphatic rings. The molecule has 4 N–H and O–H groups in total. The predicted octanol–water partition coefficient (Wildman–Crippen LogP) is 2.89. The maximum absolute atomic E-state index is 13.3. The van der Waals surface area contributed by atoms with Crippen LogP contribution in [0.1, 0.15) is 23.6 Å². The number of hydrogen-bond donors (Lipinski definition) is 3. The molecule has 0 saturated heterocycles. The topological polar surface area (TPSA) is 175 Å². The fourth-order valence-corrected chi connectivity index (χ4v) is 5.35. The van der Waals surface area contributed by atoms with Gasteiger partial charge in [-0.2, -0.15) is 5.10 Å². The number of aromatic nitrogens is 3. The van der Waals surface area contributed by atoms with Crippen molar-refractivity contribution in [2.24, 2.45) is 5.73 Å². The van der Waals surface area contributed by atoms with Crippen LogP contribution < -0.4 is 19.9 Å². The third kappa shape index (κ3) is 6.07. The highest BCUT2D eigenvalue weighted by atomic mass is 32.2. The van der Waals surface area contributed by atoms with Crippen molar-refractivity contribution in [1.82, 2.24) is 19.8 Å². The largest absolute Gasteiger partial charge is 0.496 e. The van der Waals surface area contributed by atoms with Gasteiger partial charge < -0.3 is 29.7 Å². The summed E-state index contributed by atoms with van der Waals surface area (Å²) in [5.41, 5.74) is 8.09. The lowest BCUT2D eigenvalue weighted by molar-refractivity contribution is 0.143. The zero-order valence-corrected chi connectivity index (χ0v) is 22.6. The van der Waals surface area contributed by atoms with E-state index in [0.29, 0.717) is 35.2 Å². The minimum absolute atomic E-state index is 0.0153. The second-order valence-corrected chi connectivity index (χ2v) is 10.3. The summed E-state index contributed by atoms with van der Waals surface area (Å²) in [6.07, 6.45) is 2.92. The summed E-state index contributed by atoms with van der Waals surface area (Å²) in [4.78, 5) is 12.6. The summed E-state index contributed by atoms with van der Waals surface area (Å²) in [7, 11) is -1.21. The van der Waals surface area contributed by atoms with Gasteiger partial charge >= 0.3 is 6.09 Å². The van der Waals surface area contributed by atoms with Crippen molar-refractivity contribution >= 4 is 32.9 Å². The van der Waals surface area contributed by atoms with Crippen molar-refractivity contribution in [2.75, 3.05) is 32.0 Å². The van der Waals surface area contributed by atoms with Gasteiger partial charge in [-0.25, -0.2) is 13.2 Å². The first-order chi connectivity index (χ1) is 18.7. The maximum Gasteiger partial charge on any atom is 0.407 e. The van der Waals surface area contributed by atoms with Crippen LogP contribution in [0.5, 0.6) is 11.5 Å². The van der Waals surface area contributed by atoms with E-state index in [2.05, 4.69) is 15.0 Å². The number of anilines is 1. The highest BCUT2D eigenvalue weighted by Crippen LogP contribution is 2.36. The summed E-state index contributed by atoms with van der Waals surface area (Å²) < 4.78 is 47.0. The molecule has 0 unspecified atom stereocenters. The van der Waals surface area contributed by atoms with Crippen molar-refractivity contribution < 1.29 is 32.3 Å². The van der Waals surface area contributed by atoms with Gasteiger partial charge in [0.25, 0.3) is 10.0 Å². The Labute approximate surface area is 225 Å². The molecule has 1 amide bonds. The smallest absolute Gasteiger partial charge is 0.407 e. The minimum atomic E-state index is -4.07. The van der Waals surface area contributed by atoms with E-state index in [1.807, 2.05) is 6.92 Å². The second kappa shape index (κ2) is 11.6. The molecule has 0 fully saturated rings. The standard InChI is InChI=1S/C25H30N6O7S/c1-4-16-5-6-19(36-2)22(11-16)39(34,35)29-24-23-20(37-3)9-17(10-21(23)38-28-24)14-31-15-18(12-27-31)13-30(8-7-26)25(32)33/h5-6,9-12,15H,4,7-8,13-14,26H2,1-3H3,(H,28,29)(H,32,33). The fourth-order valence-electron chi connectivity index (χ4n) is 4.13. The Morgan fingerprint density at radius 2 is 1.92 bits per heavy atom. The van der Waals surface area contributed by atoms with Crippen LogP contribution in [0.4, 0.5) is 10.6 Å². The number of aryl methyl sites for hydroxylation is 1. The molecule has 39 heavy (non-hydrogen) atoms. The fraction of sp³-hybridized carbons (Fsp3) is 0.320. The zero-order valence-electron chi connectivity index (χ0n) is 21.7. The molecular formula is C25H30N6O7S. The van der Waals surface area contributed by atoms with Gasteiger partial charge in [0, 0.05) is 24.8 Å². The highest BCUT2D eigenvalue weighted by molar-refractivity contribution is 7.92. The van der Waals surface area contributed by atoms with E-state index < -0.39 is 16.1 Å². The van der Waals surface area contributed by atoms with Gasteiger partial charge in [-0.05, 0) is 41.8 Å². The third-order valence-electron chi connectivity index (χ3n) is 6.05. The number of methoxy groups -OCH3 is 2. The number of nitrogens with one attached hydrogen (secondary N) is 1. The SMILES string of the molecule is CCc1ccc(OC)c(S(=O)(=O)Nc2noc3cc(Cn4cc(CN(CCN)C(=O)O)cn4)cc(OC)c23)c1. The Morgan fingerprint density at radius 3 is 2.59 bits per heavy atom. The van der Waals surface area contributed by atoms with Crippen LogP contribution in [0.3, 0.4) is 0 Å². The number of sulfonamides is 1. The minimum Gasteiger partial charge on any atom is -0.496 e. The van der Waals surface area contributed by atoms with Crippen LogP contribution in [-0.2, 0) is 29.5 Å². The molecular weight excluding hydrogens is 528 g/mol. The van der Waals surface area contributed by atoms with Crippen LogP contribution in [-0.4, -0.2) is 66.8 Å². The first-order valence-electron chi connectivity index (χ1n) is 12.0. The van der Waals surface area contributed by atoms with Crippen molar-refractivity contribution in [3.8, 4) is 11.5 Å². The van der Waals surface area contributed by atoms with E-state index in [4.69, 9.17) is 19.7 Å². The Bertz CT molecular complexity index is 1580.